The standard InChI is InChI=1S/C10H18O2/c1-9(2,11)8-4-6-10(3,12)7-5-8/h4,6,8,11-12H,5,7H2,1-3H3/i3D3. The van der Waals surface area contributed by atoms with Crippen LogP contribution in [0.15, 0.2) is 12.2 Å². The van der Waals surface area contributed by atoms with E-state index >= 15 is 0 Å². The maximum Gasteiger partial charge on any atom is 0.0800 e. The molecule has 2 heteroatoms. The molecular weight excluding hydrogens is 152 g/mol. The molecule has 1 aliphatic carbocycles. The average molecular weight is 173 g/mol. The van der Waals surface area contributed by atoms with E-state index in [1.165, 1.54) is 6.08 Å². The van der Waals surface area contributed by atoms with Crippen LogP contribution < -0.4 is 0 Å². The molecule has 2 N–H and O–H groups in total. The summed E-state index contributed by atoms with van der Waals surface area (Å²) in [6, 6.07) is 0. The first-order valence-electron chi connectivity index (χ1n) is 5.70. The predicted molar refractivity (Wildman–Crippen MR) is 48.8 cm³/mol. The summed E-state index contributed by atoms with van der Waals surface area (Å²) in [5, 5.41) is 19.6. The molecule has 0 heterocycles. The number of hydrogen-bond donors (Lipinski definition) is 2. The zero-order valence-electron chi connectivity index (χ0n) is 10.5. The van der Waals surface area contributed by atoms with Crippen LogP contribution in [0.1, 0.15) is 37.7 Å². The zero-order valence-corrected chi connectivity index (χ0v) is 7.54. The van der Waals surface area contributed by atoms with Crippen LogP contribution in [0.3, 0.4) is 0 Å². The van der Waals surface area contributed by atoms with Gasteiger partial charge in [0.2, 0.25) is 0 Å². The van der Waals surface area contributed by atoms with Gasteiger partial charge in [-0.1, -0.05) is 12.2 Å². The highest BCUT2D eigenvalue weighted by Crippen LogP contribution is 2.31. The minimum atomic E-state index is -2.39. The van der Waals surface area contributed by atoms with Crippen LogP contribution in [0.2, 0.25) is 0 Å². The summed E-state index contributed by atoms with van der Waals surface area (Å²) in [5.74, 6) is -0.0971. The van der Waals surface area contributed by atoms with E-state index in [1.54, 1.807) is 19.9 Å². The SMILES string of the molecule is [2H]C([2H])([2H])C1(O)C=CC(C(C)(C)O)CC1. The average Bonchev–Trinajstić information content (AvgIpc) is 2.01. The molecule has 0 aromatic heterocycles. The van der Waals surface area contributed by atoms with Crippen molar-refractivity contribution in [1.82, 2.24) is 0 Å². The molecule has 2 atom stereocenters. The Kier molecular flexibility index (Phi) is 1.47. The largest absolute Gasteiger partial charge is 0.390 e. The van der Waals surface area contributed by atoms with Gasteiger partial charge in [-0.25, -0.2) is 0 Å². The van der Waals surface area contributed by atoms with Crippen molar-refractivity contribution in [3.05, 3.63) is 12.2 Å². The van der Waals surface area contributed by atoms with Crippen LogP contribution in [0.4, 0.5) is 0 Å². The lowest BCUT2D eigenvalue weighted by Crippen LogP contribution is -2.35. The molecular formula is C10H18O2. The van der Waals surface area contributed by atoms with E-state index in [0.717, 1.165) is 0 Å². The van der Waals surface area contributed by atoms with Gasteiger partial charge in [0.05, 0.1) is 11.2 Å². The molecule has 1 aliphatic rings. The molecule has 0 aromatic rings. The molecule has 12 heavy (non-hydrogen) atoms. The Bertz CT molecular complexity index is 265. The van der Waals surface area contributed by atoms with Gasteiger partial charge in [-0.15, -0.1) is 0 Å². The molecule has 0 aliphatic heterocycles. The first kappa shape index (κ1) is 6.17. The third kappa shape index (κ3) is 2.32. The Hall–Kier alpha value is -0.340. The van der Waals surface area contributed by atoms with Crippen molar-refractivity contribution in [1.29, 1.82) is 0 Å². The topological polar surface area (TPSA) is 40.5 Å². The van der Waals surface area contributed by atoms with Gasteiger partial charge < -0.3 is 10.2 Å². The number of aliphatic hydroxyl groups is 2. The van der Waals surface area contributed by atoms with E-state index in [0.29, 0.717) is 6.42 Å². The molecule has 0 saturated carbocycles. The predicted octanol–water partition coefficient (Wildman–Crippen LogP) is 1.47. The van der Waals surface area contributed by atoms with Gasteiger partial charge in [-0.3, -0.25) is 0 Å². The fourth-order valence-electron chi connectivity index (χ4n) is 1.42. The molecule has 0 fully saturated rings. The summed E-state index contributed by atoms with van der Waals surface area (Å²) in [4.78, 5) is 0. The molecule has 0 bridgehead atoms. The molecule has 70 valence electrons. The summed E-state index contributed by atoms with van der Waals surface area (Å²) in [7, 11) is 0. The van der Waals surface area contributed by atoms with Gasteiger partial charge in [0, 0.05) is 10.0 Å². The van der Waals surface area contributed by atoms with Gasteiger partial charge in [-0.05, 0) is 33.5 Å². The molecule has 2 nitrogen and oxygen atoms in total. The lowest BCUT2D eigenvalue weighted by atomic mass is 9.79. The maximum atomic E-state index is 9.86. The van der Waals surface area contributed by atoms with Gasteiger partial charge in [0.25, 0.3) is 0 Å². The van der Waals surface area contributed by atoms with Gasteiger partial charge >= 0.3 is 0 Å². The Morgan fingerprint density at radius 1 is 1.67 bits per heavy atom. The van der Waals surface area contributed by atoms with Crippen molar-refractivity contribution >= 4 is 0 Å². The summed E-state index contributed by atoms with van der Waals surface area (Å²) in [5.41, 5.74) is -2.60. The highest BCUT2D eigenvalue weighted by atomic mass is 16.3. The number of hydrogen-bond acceptors (Lipinski definition) is 2. The van der Waals surface area contributed by atoms with Crippen molar-refractivity contribution in [2.24, 2.45) is 5.92 Å². The van der Waals surface area contributed by atoms with Gasteiger partial charge in [0.15, 0.2) is 0 Å². The minimum absolute atomic E-state index is 0.0971. The van der Waals surface area contributed by atoms with E-state index in [-0.39, 0.29) is 12.3 Å². The third-order valence-corrected chi connectivity index (χ3v) is 2.35. The number of rotatable bonds is 1. The summed E-state index contributed by atoms with van der Waals surface area (Å²) >= 11 is 0. The molecule has 0 amide bonds. The Labute approximate surface area is 78.1 Å². The molecule has 1 rings (SSSR count). The van der Waals surface area contributed by atoms with Crippen molar-refractivity contribution in [2.75, 3.05) is 0 Å². The molecule has 0 saturated heterocycles. The van der Waals surface area contributed by atoms with Crippen molar-refractivity contribution in [2.45, 2.75) is 44.7 Å². The summed E-state index contributed by atoms with van der Waals surface area (Å²) in [6.45, 7) is 0.970. The Morgan fingerprint density at radius 3 is 2.67 bits per heavy atom. The third-order valence-electron chi connectivity index (χ3n) is 2.35. The monoisotopic (exact) mass is 173 g/mol. The van der Waals surface area contributed by atoms with E-state index in [1.807, 2.05) is 0 Å². The van der Waals surface area contributed by atoms with Crippen LogP contribution in [0, 0.1) is 5.92 Å². The summed E-state index contributed by atoms with van der Waals surface area (Å²) in [6.07, 6.45) is 3.56. The fourth-order valence-corrected chi connectivity index (χ4v) is 1.42. The van der Waals surface area contributed by atoms with Gasteiger partial charge in [0.1, 0.15) is 0 Å². The normalized spacial score (nSPS) is 41.7. The van der Waals surface area contributed by atoms with Crippen molar-refractivity contribution in [3.63, 3.8) is 0 Å². The van der Waals surface area contributed by atoms with Crippen LogP contribution in [0.25, 0.3) is 0 Å². The van der Waals surface area contributed by atoms with E-state index in [2.05, 4.69) is 0 Å². The van der Waals surface area contributed by atoms with Crippen LogP contribution >= 0.6 is 0 Å². The highest BCUT2D eigenvalue weighted by molar-refractivity contribution is 5.08. The van der Waals surface area contributed by atoms with Crippen molar-refractivity contribution < 1.29 is 14.3 Å². The van der Waals surface area contributed by atoms with E-state index < -0.39 is 18.1 Å². The Balaban J connectivity index is 2.83. The quantitative estimate of drug-likeness (QED) is 0.590. The molecule has 0 radical (unpaired) electrons. The second kappa shape index (κ2) is 2.86. The summed E-state index contributed by atoms with van der Waals surface area (Å²) < 4.78 is 21.6. The van der Waals surface area contributed by atoms with E-state index in [4.69, 9.17) is 4.11 Å². The minimum Gasteiger partial charge on any atom is -0.390 e. The molecule has 0 aromatic carbocycles. The first-order chi connectivity index (χ1) is 6.56. The zero-order chi connectivity index (χ0) is 11.9. The lowest BCUT2D eigenvalue weighted by molar-refractivity contribution is 0.0114. The van der Waals surface area contributed by atoms with Crippen LogP contribution in [0.5, 0.6) is 0 Å². The highest BCUT2D eigenvalue weighted by Gasteiger charge is 2.31. The van der Waals surface area contributed by atoms with Crippen molar-refractivity contribution in [3.8, 4) is 0 Å². The smallest absolute Gasteiger partial charge is 0.0800 e. The second-order valence-electron chi connectivity index (χ2n) is 4.08. The van der Waals surface area contributed by atoms with Crippen LogP contribution in [-0.4, -0.2) is 21.4 Å². The van der Waals surface area contributed by atoms with Crippen LogP contribution in [-0.2, 0) is 0 Å². The van der Waals surface area contributed by atoms with E-state index in [9.17, 15) is 10.2 Å². The fraction of sp³-hybridized carbons (Fsp3) is 0.800. The second-order valence-corrected chi connectivity index (χ2v) is 4.08. The lowest BCUT2D eigenvalue weighted by Gasteiger charge is -2.33. The molecule has 2 unspecified atom stereocenters. The molecule has 0 spiro atoms. The van der Waals surface area contributed by atoms with Gasteiger partial charge in [-0.2, -0.15) is 0 Å². The first-order valence-corrected chi connectivity index (χ1v) is 4.20. The Morgan fingerprint density at radius 2 is 2.33 bits per heavy atom. The maximum absolute atomic E-state index is 9.86.